The van der Waals surface area contributed by atoms with Crippen molar-refractivity contribution in [3.8, 4) is 0 Å². The molecule has 2 fully saturated rings. The number of nitrogens with zero attached hydrogens (tertiary/aromatic N) is 2. The second-order valence-electron chi connectivity index (χ2n) is 5.96. The number of aliphatic carboxylic acids is 1. The number of carbonyl (C=O) groups is 2. The minimum atomic E-state index is -1.06. The molecular weight excluding hydrogens is 274 g/mol. The normalized spacial score (nSPS) is 27.8. The van der Waals surface area contributed by atoms with E-state index < -0.39 is 18.1 Å². The molecule has 2 amide bonds. The lowest BCUT2D eigenvalue weighted by Gasteiger charge is -2.33. The molecule has 120 valence electrons. The van der Waals surface area contributed by atoms with Gasteiger partial charge in [-0.15, -0.1) is 0 Å². The van der Waals surface area contributed by atoms with Gasteiger partial charge in [-0.3, -0.25) is 0 Å². The predicted octanol–water partition coefficient (Wildman–Crippen LogP) is 0.0902. The van der Waals surface area contributed by atoms with E-state index >= 15 is 0 Å². The SMILES string of the molecule is CCCN1CCC(NC(=O)N2CC(O)C[C@H]2C(=O)O)CC1. The Balaban J connectivity index is 1.83. The number of aliphatic hydroxyl groups excluding tert-OH is 1. The van der Waals surface area contributed by atoms with Crippen molar-refractivity contribution < 1.29 is 19.8 Å². The van der Waals surface area contributed by atoms with Gasteiger partial charge < -0.3 is 25.3 Å². The molecule has 0 aromatic carbocycles. The molecule has 2 atom stereocenters. The fourth-order valence-corrected chi connectivity index (χ4v) is 3.15. The molecule has 7 heteroatoms. The highest BCUT2D eigenvalue weighted by Gasteiger charge is 2.39. The van der Waals surface area contributed by atoms with Crippen LogP contribution in [0.25, 0.3) is 0 Å². The highest BCUT2D eigenvalue weighted by molar-refractivity contribution is 5.83. The van der Waals surface area contributed by atoms with Crippen LogP contribution in [0.15, 0.2) is 0 Å². The standard InChI is InChI=1S/C14H25N3O4/c1-2-5-16-6-3-10(4-7-16)15-14(21)17-9-11(18)8-12(17)13(19)20/h10-12,18H,2-9H2,1H3,(H,15,21)(H,19,20)/t11?,12-/m0/s1. The molecule has 0 radical (unpaired) electrons. The number of carboxylic acid groups (broad SMARTS) is 1. The lowest BCUT2D eigenvalue weighted by molar-refractivity contribution is -0.141. The van der Waals surface area contributed by atoms with Gasteiger partial charge in [0.2, 0.25) is 0 Å². The van der Waals surface area contributed by atoms with Gasteiger partial charge in [-0.2, -0.15) is 0 Å². The predicted molar refractivity (Wildman–Crippen MR) is 77.0 cm³/mol. The maximum absolute atomic E-state index is 12.2. The highest BCUT2D eigenvalue weighted by Crippen LogP contribution is 2.19. The average molecular weight is 299 g/mol. The number of piperidine rings is 1. The zero-order valence-electron chi connectivity index (χ0n) is 12.5. The summed E-state index contributed by atoms with van der Waals surface area (Å²) in [6, 6.07) is -1.19. The maximum Gasteiger partial charge on any atom is 0.326 e. The van der Waals surface area contributed by atoms with E-state index in [4.69, 9.17) is 5.11 Å². The molecule has 21 heavy (non-hydrogen) atoms. The molecular formula is C14H25N3O4. The summed E-state index contributed by atoms with van der Waals surface area (Å²) in [6.45, 7) is 5.25. The molecule has 3 N–H and O–H groups in total. The Morgan fingerprint density at radius 3 is 2.52 bits per heavy atom. The first-order valence-electron chi connectivity index (χ1n) is 7.71. The fourth-order valence-electron chi connectivity index (χ4n) is 3.15. The third kappa shape index (κ3) is 4.07. The molecule has 1 unspecified atom stereocenters. The van der Waals surface area contributed by atoms with Crippen LogP contribution < -0.4 is 5.32 Å². The summed E-state index contributed by atoms with van der Waals surface area (Å²) in [5.41, 5.74) is 0. The Morgan fingerprint density at radius 1 is 1.29 bits per heavy atom. The van der Waals surface area contributed by atoms with Crippen LogP contribution in [-0.2, 0) is 4.79 Å². The van der Waals surface area contributed by atoms with Gasteiger partial charge in [-0.05, 0) is 25.8 Å². The van der Waals surface area contributed by atoms with Crippen LogP contribution in [-0.4, -0.2) is 76.4 Å². The van der Waals surface area contributed by atoms with E-state index in [0.717, 1.165) is 38.9 Å². The van der Waals surface area contributed by atoms with Crippen molar-refractivity contribution in [3.63, 3.8) is 0 Å². The second-order valence-corrected chi connectivity index (χ2v) is 5.96. The number of carbonyl (C=O) groups excluding carboxylic acids is 1. The van der Waals surface area contributed by atoms with Crippen LogP contribution in [0.3, 0.4) is 0 Å². The summed E-state index contributed by atoms with van der Waals surface area (Å²) in [4.78, 5) is 27.0. The Morgan fingerprint density at radius 2 is 1.95 bits per heavy atom. The quantitative estimate of drug-likeness (QED) is 0.684. The zero-order chi connectivity index (χ0) is 15.4. The first-order chi connectivity index (χ1) is 10.0. The van der Waals surface area contributed by atoms with E-state index in [9.17, 15) is 14.7 Å². The smallest absolute Gasteiger partial charge is 0.326 e. The Kier molecular flexibility index (Phi) is 5.41. The molecule has 0 aromatic rings. The van der Waals surface area contributed by atoms with Crippen LogP contribution in [0.4, 0.5) is 4.79 Å². The van der Waals surface area contributed by atoms with Gasteiger partial charge in [0.25, 0.3) is 0 Å². The number of hydrogen-bond donors (Lipinski definition) is 3. The lowest BCUT2D eigenvalue weighted by Crippen LogP contribution is -2.52. The molecule has 2 saturated heterocycles. The topological polar surface area (TPSA) is 93.1 Å². The van der Waals surface area contributed by atoms with Crippen molar-refractivity contribution >= 4 is 12.0 Å². The Labute approximate surface area is 124 Å². The Hall–Kier alpha value is -1.34. The van der Waals surface area contributed by atoms with Gasteiger partial charge >= 0.3 is 12.0 Å². The third-order valence-electron chi connectivity index (χ3n) is 4.28. The van der Waals surface area contributed by atoms with Crippen molar-refractivity contribution in [2.45, 2.75) is 50.8 Å². The van der Waals surface area contributed by atoms with E-state index in [1.165, 1.54) is 4.90 Å². The van der Waals surface area contributed by atoms with Gasteiger partial charge in [0.1, 0.15) is 6.04 Å². The molecule has 2 aliphatic heterocycles. The highest BCUT2D eigenvalue weighted by atomic mass is 16.4. The van der Waals surface area contributed by atoms with Crippen LogP contribution in [0, 0.1) is 0 Å². The minimum absolute atomic E-state index is 0.0947. The number of nitrogens with one attached hydrogen (secondary N) is 1. The van der Waals surface area contributed by atoms with Gasteiger partial charge in [0, 0.05) is 32.1 Å². The molecule has 0 aliphatic carbocycles. The summed E-state index contributed by atoms with van der Waals surface area (Å²) in [6.07, 6.45) is 2.27. The molecule has 2 rings (SSSR count). The third-order valence-corrected chi connectivity index (χ3v) is 4.28. The van der Waals surface area contributed by atoms with Crippen LogP contribution in [0.1, 0.15) is 32.6 Å². The zero-order valence-corrected chi connectivity index (χ0v) is 12.5. The number of likely N-dealkylation sites (tertiary alicyclic amines) is 2. The number of rotatable bonds is 4. The summed E-state index contributed by atoms with van der Waals surface area (Å²) < 4.78 is 0. The summed E-state index contributed by atoms with van der Waals surface area (Å²) in [5, 5.41) is 21.6. The van der Waals surface area contributed by atoms with Gasteiger partial charge in [-0.1, -0.05) is 6.92 Å². The molecule has 0 spiro atoms. The summed E-state index contributed by atoms with van der Waals surface area (Å²) >= 11 is 0. The Bertz CT molecular complexity index is 382. The number of urea groups is 1. The largest absolute Gasteiger partial charge is 0.480 e. The maximum atomic E-state index is 12.2. The average Bonchev–Trinajstić information content (AvgIpc) is 2.84. The van der Waals surface area contributed by atoms with Crippen molar-refractivity contribution in [1.29, 1.82) is 0 Å². The number of carboxylic acids is 1. The molecule has 7 nitrogen and oxygen atoms in total. The minimum Gasteiger partial charge on any atom is -0.480 e. The monoisotopic (exact) mass is 299 g/mol. The van der Waals surface area contributed by atoms with E-state index in [0.29, 0.717) is 0 Å². The van der Waals surface area contributed by atoms with Gasteiger partial charge in [0.05, 0.1) is 6.10 Å². The van der Waals surface area contributed by atoms with E-state index in [1.54, 1.807) is 0 Å². The van der Waals surface area contributed by atoms with Crippen LogP contribution in [0.2, 0.25) is 0 Å². The summed E-state index contributed by atoms with van der Waals surface area (Å²) in [7, 11) is 0. The lowest BCUT2D eigenvalue weighted by atomic mass is 10.1. The number of hydrogen-bond acceptors (Lipinski definition) is 4. The number of aliphatic hydroxyl groups is 1. The van der Waals surface area contributed by atoms with E-state index in [1.807, 2.05) is 0 Å². The molecule has 2 heterocycles. The van der Waals surface area contributed by atoms with Gasteiger partial charge in [-0.25, -0.2) is 9.59 Å². The van der Waals surface area contributed by atoms with Crippen LogP contribution in [0.5, 0.6) is 0 Å². The fraction of sp³-hybridized carbons (Fsp3) is 0.857. The molecule has 0 aromatic heterocycles. The van der Waals surface area contributed by atoms with Crippen molar-refractivity contribution in [1.82, 2.24) is 15.1 Å². The first kappa shape index (κ1) is 16.0. The van der Waals surface area contributed by atoms with Crippen molar-refractivity contribution in [2.75, 3.05) is 26.2 Å². The number of β-amino-alcohol motifs (C(OH)–C–C–N with tert-alkyl or cyclic N) is 1. The molecule has 0 saturated carbocycles. The van der Waals surface area contributed by atoms with E-state index in [2.05, 4.69) is 17.1 Å². The first-order valence-corrected chi connectivity index (χ1v) is 7.71. The van der Waals surface area contributed by atoms with Crippen molar-refractivity contribution in [3.05, 3.63) is 0 Å². The van der Waals surface area contributed by atoms with Gasteiger partial charge in [0.15, 0.2) is 0 Å². The number of amides is 2. The second kappa shape index (κ2) is 7.09. The summed E-state index contributed by atoms with van der Waals surface area (Å²) in [5.74, 6) is -1.06. The van der Waals surface area contributed by atoms with Crippen LogP contribution >= 0.6 is 0 Å². The molecule has 2 aliphatic rings. The van der Waals surface area contributed by atoms with E-state index in [-0.39, 0.29) is 25.0 Å². The molecule has 0 bridgehead atoms. The van der Waals surface area contributed by atoms with Crippen molar-refractivity contribution in [2.24, 2.45) is 0 Å².